The predicted octanol–water partition coefficient (Wildman–Crippen LogP) is 2.55. The van der Waals surface area contributed by atoms with E-state index in [2.05, 4.69) is 28.4 Å². The van der Waals surface area contributed by atoms with E-state index in [1.165, 1.54) is 4.70 Å². The van der Waals surface area contributed by atoms with Crippen molar-refractivity contribution < 1.29 is 0 Å². The van der Waals surface area contributed by atoms with Gasteiger partial charge >= 0.3 is 0 Å². The Hall–Kier alpha value is -1.82. The van der Waals surface area contributed by atoms with Crippen LogP contribution in [-0.4, -0.2) is 9.97 Å². The molecular formula is C14H14N4S. The third-order valence-corrected chi connectivity index (χ3v) is 4.07. The summed E-state index contributed by atoms with van der Waals surface area (Å²) in [6.07, 6.45) is 5.50. The van der Waals surface area contributed by atoms with Gasteiger partial charge in [-0.05, 0) is 47.2 Å². The van der Waals surface area contributed by atoms with Gasteiger partial charge in [0.1, 0.15) is 0 Å². The van der Waals surface area contributed by atoms with Crippen LogP contribution in [0.3, 0.4) is 0 Å². The normalized spacial score (nSPS) is 12.7. The molecular weight excluding hydrogens is 256 g/mol. The maximum absolute atomic E-state index is 5.72. The molecule has 0 radical (unpaired) electrons. The molecule has 4 nitrogen and oxygen atoms in total. The van der Waals surface area contributed by atoms with E-state index in [0.29, 0.717) is 0 Å². The minimum Gasteiger partial charge on any atom is -0.271 e. The number of pyridine rings is 2. The zero-order chi connectivity index (χ0) is 13.2. The van der Waals surface area contributed by atoms with Gasteiger partial charge in [0.2, 0.25) is 0 Å². The molecule has 0 amide bonds. The van der Waals surface area contributed by atoms with Gasteiger partial charge in [0.25, 0.3) is 0 Å². The van der Waals surface area contributed by atoms with Gasteiger partial charge in [-0.25, -0.2) is 5.43 Å². The lowest BCUT2D eigenvalue weighted by Crippen LogP contribution is -2.29. The number of fused-ring (bicyclic) bond motifs is 1. The fourth-order valence-electron chi connectivity index (χ4n) is 2.16. The number of nitrogens with two attached hydrogens (primary N) is 1. The molecule has 0 fully saturated rings. The molecule has 3 N–H and O–H groups in total. The lowest BCUT2D eigenvalue weighted by Gasteiger charge is -2.18. The molecule has 0 aliphatic carbocycles. The van der Waals surface area contributed by atoms with Gasteiger partial charge in [-0.1, -0.05) is 0 Å². The molecule has 3 rings (SSSR count). The number of nitrogens with zero attached hydrogens (tertiary/aromatic N) is 2. The van der Waals surface area contributed by atoms with Crippen molar-refractivity contribution in [2.24, 2.45) is 5.84 Å². The Bertz CT molecular complexity index is 707. The first-order valence-corrected chi connectivity index (χ1v) is 6.87. The van der Waals surface area contributed by atoms with Crippen LogP contribution in [0.15, 0.2) is 42.2 Å². The average molecular weight is 270 g/mol. The maximum Gasteiger partial charge on any atom is 0.0809 e. The van der Waals surface area contributed by atoms with Gasteiger partial charge in [0.05, 0.1) is 16.3 Å². The van der Waals surface area contributed by atoms with Crippen molar-refractivity contribution in [2.75, 3.05) is 0 Å². The van der Waals surface area contributed by atoms with Crippen molar-refractivity contribution in [2.45, 2.75) is 13.0 Å². The molecule has 0 spiro atoms. The molecule has 19 heavy (non-hydrogen) atoms. The van der Waals surface area contributed by atoms with Crippen LogP contribution in [0.1, 0.15) is 22.7 Å². The second-order valence-corrected chi connectivity index (χ2v) is 5.35. The topological polar surface area (TPSA) is 63.8 Å². The van der Waals surface area contributed by atoms with Gasteiger partial charge in [0.15, 0.2) is 0 Å². The summed E-state index contributed by atoms with van der Waals surface area (Å²) in [5.74, 6) is 5.72. The van der Waals surface area contributed by atoms with Gasteiger partial charge < -0.3 is 0 Å². The van der Waals surface area contributed by atoms with E-state index in [1.807, 2.05) is 29.9 Å². The number of thiophene rings is 1. The zero-order valence-electron chi connectivity index (χ0n) is 10.5. The average Bonchev–Trinajstić information content (AvgIpc) is 2.89. The fraction of sp³-hybridized carbons (Fsp3) is 0.143. The molecule has 0 aliphatic heterocycles. The van der Waals surface area contributed by atoms with Crippen LogP contribution >= 0.6 is 11.3 Å². The van der Waals surface area contributed by atoms with Crippen LogP contribution in [0, 0.1) is 6.92 Å². The van der Waals surface area contributed by atoms with Crippen LogP contribution in [0.25, 0.3) is 10.2 Å². The Morgan fingerprint density at radius 1 is 1.32 bits per heavy atom. The summed E-state index contributed by atoms with van der Waals surface area (Å²) < 4.78 is 1.17. The first-order valence-electron chi connectivity index (χ1n) is 5.99. The Balaban J connectivity index is 2.09. The van der Waals surface area contributed by atoms with Crippen molar-refractivity contribution in [3.05, 3.63) is 58.9 Å². The van der Waals surface area contributed by atoms with Gasteiger partial charge in [-0.3, -0.25) is 15.8 Å². The summed E-state index contributed by atoms with van der Waals surface area (Å²) in [5.41, 5.74) is 7.16. The number of hydrazine groups is 1. The van der Waals surface area contributed by atoms with E-state index in [9.17, 15) is 0 Å². The van der Waals surface area contributed by atoms with E-state index >= 15 is 0 Å². The van der Waals surface area contributed by atoms with Crippen molar-refractivity contribution in [3.8, 4) is 0 Å². The zero-order valence-corrected chi connectivity index (χ0v) is 11.3. The lowest BCUT2D eigenvalue weighted by molar-refractivity contribution is 0.630. The minimum absolute atomic E-state index is 0.0901. The number of aromatic nitrogens is 2. The van der Waals surface area contributed by atoms with E-state index in [-0.39, 0.29) is 6.04 Å². The highest BCUT2D eigenvalue weighted by atomic mass is 32.1. The molecule has 1 unspecified atom stereocenters. The van der Waals surface area contributed by atoms with Crippen LogP contribution < -0.4 is 11.3 Å². The second-order valence-electron chi connectivity index (χ2n) is 4.40. The molecule has 96 valence electrons. The van der Waals surface area contributed by atoms with Crippen molar-refractivity contribution in [3.63, 3.8) is 0 Å². The smallest absolute Gasteiger partial charge is 0.0809 e. The summed E-state index contributed by atoms with van der Waals surface area (Å²) in [6.45, 7) is 2.05. The first kappa shape index (κ1) is 12.2. The number of hydrogen-bond acceptors (Lipinski definition) is 5. The highest BCUT2D eigenvalue weighted by Crippen LogP contribution is 2.27. The summed E-state index contributed by atoms with van der Waals surface area (Å²) in [7, 11) is 0. The van der Waals surface area contributed by atoms with Crippen LogP contribution in [-0.2, 0) is 0 Å². The Kier molecular flexibility index (Phi) is 3.25. The van der Waals surface area contributed by atoms with Crippen LogP contribution in [0.2, 0.25) is 0 Å². The highest BCUT2D eigenvalue weighted by molar-refractivity contribution is 7.17. The van der Waals surface area contributed by atoms with Crippen molar-refractivity contribution >= 4 is 21.6 Å². The predicted molar refractivity (Wildman–Crippen MR) is 77.8 cm³/mol. The molecule has 5 heteroatoms. The molecule has 3 aromatic heterocycles. The SMILES string of the molecule is Cc1ccncc1C(NN)c1cnc2ccsc2c1. The summed E-state index contributed by atoms with van der Waals surface area (Å²) >= 11 is 1.68. The summed E-state index contributed by atoms with van der Waals surface area (Å²) in [6, 6.07) is 6.04. The van der Waals surface area contributed by atoms with Crippen molar-refractivity contribution in [1.82, 2.24) is 15.4 Å². The standard InChI is InChI=1S/C14H14N4S/c1-9-2-4-16-8-11(9)14(18-15)10-6-13-12(17-7-10)3-5-19-13/h2-8,14,18H,15H2,1H3. The number of rotatable bonds is 3. The lowest BCUT2D eigenvalue weighted by atomic mass is 9.98. The molecule has 0 bridgehead atoms. The van der Waals surface area contributed by atoms with E-state index in [0.717, 1.165) is 22.2 Å². The van der Waals surface area contributed by atoms with Crippen LogP contribution in [0.5, 0.6) is 0 Å². The molecule has 3 heterocycles. The fourth-order valence-corrected chi connectivity index (χ4v) is 2.95. The first-order chi connectivity index (χ1) is 9.29. The molecule has 1 atom stereocenters. The van der Waals surface area contributed by atoms with E-state index in [1.54, 1.807) is 17.5 Å². The minimum atomic E-state index is -0.0901. The Labute approximate surface area is 115 Å². The quantitative estimate of drug-likeness (QED) is 0.567. The number of nitrogens with one attached hydrogen (secondary N) is 1. The van der Waals surface area contributed by atoms with E-state index < -0.39 is 0 Å². The van der Waals surface area contributed by atoms with Crippen LogP contribution in [0.4, 0.5) is 0 Å². The Morgan fingerprint density at radius 3 is 3.00 bits per heavy atom. The van der Waals surface area contributed by atoms with Gasteiger partial charge in [-0.15, -0.1) is 11.3 Å². The van der Waals surface area contributed by atoms with E-state index in [4.69, 9.17) is 5.84 Å². The molecule has 0 aliphatic rings. The number of aryl methyl sites for hydroxylation is 1. The van der Waals surface area contributed by atoms with Gasteiger partial charge in [0, 0.05) is 18.6 Å². The summed E-state index contributed by atoms with van der Waals surface area (Å²) in [5, 5.41) is 2.04. The molecule has 0 saturated heterocycles. The third-order valence-electron chi connectivity index (χ3n) is 3.21. The highest BCUT2D eigenvalue weighted by Gasteiger charge is 2.15. The maximum atomic E-state index is 5.72. The monoisotopic (exact) mass is 270 g/mol. The molecule has 3 aromatic rings. The molecule has 0 aromatic carbocycles. The molecule has 0 saturated carbocycles. The third kappa shape index (κ3) is 2.23. The van der Waals surface area contributed by atoms with Gasteiger partial charge in [-0.2, -0.15) is 0 Å². The largest absolute Gasteiger partial charge is 0.271 e. The Morgan fingerprint density at radius 2 is 2.21 bits per heavy atom. The summed E-state index contributed by atoms with van der Waals surface area (Å²) in [4.78, 5) is 8.64. The number of hydrogen-bond donors (Lipinski definition) is 2. The van der Waals surface area contributed by atoms with Crippen molar-refractivity contribution in [1.29, 1.82) is 0 Å². The second kappa shape index (κ2) is 5.05.